The maximum atomic E-state index is 12.8. The lowest BCUT2D eigenvalue weighted by Crippen LogP contribution is -2.32. The van der Waals surface area contributed by atoms with Gasteiger partial charge in [0.1, 0.15) is 5.69 Å². The van der Waals surface area contributed by atoms with Gasteiger partial charge < -0.3 is 15.0 Å². The molecule has 2 heterocycles. The molecule has 2 amide bonds. The van der Waals surface area contributed by atoms with E-state index in [4.69, 9.17) is 4.74 Å². The quantitative estimate of drug-likeness (QED) is 0.822. The smallest absolute Gasteiger partial charge is 0.339 e. The van der Waals surface area contributed by atoms with E-state index in [9.17, 15) is 14.4 Å². The van der Waals surface area contributed by atoms with Crippen LogP contribution in [0.15, 0.2) is 42.6 Å². The van der Waals surface area contributed by atoms with Crippen LogP contribution < -0.4 is 5.32 Å². The van der Waals surface area contributed by atoms with Gasteiger partial charge in [-0.3, -0.25) is 14.6 Å². The largest absolute Gasteiger partial charge is 0.465 e. The molecular formula is C21H23N3O4. The van der Waals surface area contributed by atoms with Gasteiger partial charge >= 0.3 is 5.97 Å². The summed E-state index contributed by atoms with van der Waals surface area (Å²) in [7, 11) is 1.28. The number of benzene rings is 1. The van der Waals surface area contributed by atoms with Gasteiger partial charge in [0, 0.05) is 24.8 Å². The van der Waals surface area contributed by atoms with Crippen molar-refractivity contribution in [2.24, 2.45) is 0 Å². The Kier molecular flexibility index (Phi) is 6.37. The molecule has 1 aliphatic heterocycles. The van der Waals surface area contributed by atoms with Crippen molar-refractivity contribution in [3.63, 3.8) is 0 Å². The van der Waals surface area contributed by atoms with Crippen LogP contribution in [0.25, 0.3) is 0 Å². The van der Waals surface area contributed by atoms with Crippen LogP contribution >= 0.6 is 0 Å². The van der Waals surface area contributed by atoms with Gasteiger partial charge in [0.15, 0.2) is 0 Å². The van der Waals surface area contributed by atoms with Crippen molar-refractivity contribution >= 4 is 23.5 Å². The second-order valence-corrected chi connectivity index (χ2v) is 6.63. The van der Waals surface area contributed by atoms with E-state index in [1.807, 2.05) is 4.90 Å². The Labute approximate surface area is 163 Å². The molecule has 1 aliphatic rings. The lowest BCUT2D eigenvalue weighted by Gasteiger charge is -2.20. The van der Waals surface area contributed by atoms with E-state index in [1.165, 1.54) is 19.4 Å². The van der Waals surface area contributed by atoms with Crippen molar-refractivity contribution in [2.45, 2.75) is 25.7 Å². The fraction of sp³-hybridized carbons (Fsp3) is 0.333. The van der Waals surface area contributed by atoms with E-state index < -0.39 is 11.9 Å². The summed E-state index contributed by atoms with van der Waals surface area (Å²) in [5, 5.41) is 2.67. The number of hydrogen-bond donors (Lipinski definition) is 1. The Morgan fingerprint density at radius 3 is 2.46 bits per heavy atom. The predicted octanol–water partition coefficient (Wildman–Crippen LogP) is 3.14. The molecule has 1 fully saturated rings. The Hall–Kier alpha value is -3.22. The number of para-hydroxylation sites is 1. The molecule has 0 unspecified atom stereocenters. The number of anilines is 1. The van der Waals surface area contributed by atoms with Crippen LogP contribution in [0.4, 0.5) is 5.69 Å². The molecule has 28 heavy (non-hydrogen) atoms. The zero-order valence-corrected chi connectivity index (χ0v) is 15.8. The fourth-order valence-electron chi connectivity index (χ4n) is 3.21. The summed E-state index contributed by atoms with van der Waals surface area (Å²) in [6, 6.07) is 9.66. The molecule has 2 aromatic rings. The topological polar surface area (TPSA) is 88.6 Å². The number of carbonyl (C=O) groups is 3. The van der Waals surface area contributed by atoms with Gasteiger partial charge in [-0.2, -0.15) is 0 Å². The molecular weight excluding hydrogens is 358 g/mol. The number of hydrogen-bond acceptors (Lipinski definition) is 5. The first-order valence-electron chi connectivity index (χ1n) is 9.34. The SMILES string of the molecule is COC(=O)c1ccccc1NC(=O)c1cc(C(=O)N2CCCCCC2)ccn1. The minimum Gasteiger partial charge on any atom is -0.465 e. The van der Waals surface area contributed by atoms with E-state index in [0.29, 0.717) is 11.3 Å². The Bertz CT molecular complexity index is 873. The number of esters is 1. The second-order valence-electron chi connectivity index (χ2n) is 6.63. The molecule has 1 aromatic heterocycles. The summed E-state index contributed by atoms with van der Waals surface area (Å²) in [6.45, 7) is 1.46. The van der Waals surface area contributed by atoms with Gasteiger partial charge in [0.05, 0.1) is 18.4 Å². The maximum Gasteiger partial charge on any atom is 0.339 e. The summed E-state index contributed by atoms with van der Waals surface area (Å²) in [5.41, 5.74) is 1.11. The lowest BCUT2D eigenvalue weighted by atomic mass is 10.1. The highest BCUT2D eigenvalue weighted by Gasteiger charge is 2.20. The first kappa shape index (κ1) is 19.5. The molecule has 7 nitrogen and oxygen atoms in total. The number of pyridine rings is 1. The van der Waals surface area contributed by atoms with Gasteiger partial charge in [0.25, 0.3) is 11.8 Å². The number of nitrogens with one attached hydrogen (secondary N) is 1. The molecule has 3 rings (SSSR count). The molecule has 1 saturated heterocycles. The number of rotatable bonds is 4. The monoisotopic (exact) mass is 381 g/mol. The van der Waals surface area contributed by atoms with Crippen molar-refractivity contribution < 1.29 is 19.1 Å². The number of nitrogens with zero attached hydrogens (tertiary/aromatic N) is 2. The molecule has 0 atom stereocenters. The minimum atomic E-state index is -0.547. The zero-order chi connectivity index (χ0) is 19.9. The van der Waals surface area contributed by atoms with E-state index in [2.05, 4.69) is 10.3 Å². The van der Waals surface area contributed by atoms with Gasteiger partial charge in [0.2, 0.25) is 0 Å². The van der Waals surface area contributed by atoms with Crippen LogP contribution in [0.1, 0.15) is 56.9 Å². The Balaban J connectivity index is 1.78. The van der Waals surface area contributed by atoms with Crippen LogP contribution in [-0.4, -0.2) is 47.9 Å². The van der Waals surface area contributed by atoms with Crippen molar-refractivity contribution in [3.05, 3.63) is 59.4 Å². The molecule has 7 heteroatoms. The van der Waals surface area contributed by atoms with Crippen molar-refractivity contribution in [1.29, 1.82) is 0 Å². The van der Waals surface area contributed by atoms with Gasteiger partial charge in [-0.25, -0.2) is 4.79 Å². The molecule has 0 radical (unpaired) electrons. The van der Waals surface area contributed by atoms with Crippen molar-refractivity contribution in [2.75, 3.05) is 25.5 Å². The molecule has 0 spiro atoms. The highest BCUT2D eigenvalue weighted by molar-refractivity contribution is 6.08. The van der Waals surface area contributed by atoms with Crippen LogP contribution in [0.2, 0.25) is 0 Å². The number of methoxy groups -OCH3 is 1. The highest BCUT2D eigenvalue weighted by atomic mass is 16.5. The second kappa shape index (κ2) is 9.12. The number of ether oxygens (including phenoxy) is 1. The average Bonchev–Trinajstić information content (AvgIpc) is 3.02. The average molecular weight is 381 g/mol. The Morgan fingerprint density at radius 1 is 1.04 bits per heavy atom. The lowest BCUT2D eigenvalue weighted by molar-refractivity contribution is 0.0601. The highest BCUT2D eigenvalue weighted by Crippen LogP contribution is 2.18. The third-order valence-electron chi connectivity index (χ3n) is 4.71. The summed E-state index contributed by atoms with van der Waals surface area (Å²) in [6.07, 6.45) is 5.70. The van der Waals surface area contributed by atoms with E-state index in [0.717, 1.165) is 38.8 Å². The molecule has 0 saturated carbocycles. The van der Waals surface area contributed by atoms with E-state index >= 15 is 0 Å². The minimum absolute atomic E-state index is 0.0895. The fourth-order valence-corrected chi connectivity index (χ4v) is 3.21. The normalized spacial score (nSPS) is 14.1. The van der Waals surface area contributed by atoms with E-state index in [1.54, 1.807) is 30.3 Å². The predicted molar refractivity (Wildman–Crippen MR) is 104 cm³/mol. The maximum absolute atomic E-state index is 12.8. The molecule has 1 aromatic carbocycles. The van der Waals surface area contributed by atoms with E-state index in [-0.39, 0.29) is 17.2 Å². The summed E-state index contributed by atoms with van der Waals surface area (Å²) < 4.78 is 4.74. The standard InChI is InChI=1S/C21H23N3O4/c1-28-21(27)16-8-4-5-9-17(16)23-19(25)18-14-15(10-11-22-18)20(26)24-12-6-2-3-7-13-24/h4-5,8-11,14H,2-3,6-7,12-13H2,1H3,(H,23,25). The summed E-state index contributed by atoms with van der Waals surface area (Å²) in [5.74, 6) is -1.14. The van der Waals surface area contributed by atoms with Gasteiger partial charge in [-0.15, -0.1) is 0 Å². The Morgan fingerprint density at radius 2 is 1.75 bits per heavy atom. The van der Waals surface area contributed by atoms with Crippen molar-refractivity contribution in [1.82, 2.24) is 9.88 Å². The van der Waals surface area contributed by atoms with Crippen molar-refractivity contribution in [3.8, 4) is 0 Å². The molecule has 0 bridgehead atoms. The molecule has 146 valence electrons. The zero-order valence-electron chi connectivity index (χ0n) is 15.8. The van der Waals surface area contributed by atoms with Crippen LogP contribution in [0.3, 0.4) is 0 Å². The third-order valence-corrected chi connectivity index (χ3v) is 4.71. The number of carbonyl (C=O) groups excluding carboxylic acids is 3. The summed E-state index contributed by atoms with van der Waals surface area (Å²) >= 11 is 0. The number of amides is 2. The van der Waals surface area contributed by atoms with Crippen LogP contribution in [-0.2, 0) is 4.74 Å². The first-order valence-corrected chi connectivity index (χ1v) is 9.34. The number of likely N-dealkylation sites (tertiary alicyclic amines) is 1. The first-order chi connectivity index (χ1) is 13.6. The van der Waals surface area contributed by atoms with Gasteiger partial charge in [-0.05, 0) is 37.1 Å². The summed E-state index contributed by atoms with van der Waals surface area (Å²) in [4.78, 5) is 43.2. The molecule has 1 N–H and O–H groups in total. The van der Waals surface area contributed by atoms with Crippen LogP contribution in [0, 0.1) is 0 Å². The van der Waals surface area contributed by atoms with Crippen LogP contribution in [0.5, 0.6) is 0 Å². The van der Waals surface area contributed by atoms with Gasteiger partial charge in [-0.1, -0.05) is 25.0 Å². The third kappa shape index (κ3) is 4.54. The molecule has 0 aliphatic carbocycles. The number of aromatic nitrogens is 1.